The van der Waals surface area contributed by atoms with E-state index in [0.717, 1.165) is 31.4 Å². The van der Waals surface area contributed by atoms with E-state index in [1.165, 1.54) is 0 Å². The van der Waals surface area contributed by atoms with Crippen LogP contribution in [-0.2, 0) is 18.9 Å². The molecule has 1 fully saturated rings. The first-order chi connectivity index (χ1) is 11.2. The third kappa shape index (κ3) is 6.55. The molecule has 7 heteroatoms. The molecule has 1 saturated heterocycles. The molecular formula is C16H31BO5S. The molecule has 5 unspecified atom stereocenters. The van der Waals surface area contributed by atoms with Gasteiger partial charge < -0.3 is 24.0 Å². The Hall–Kier alpha value is 0.215. The van der Waals surface area contributed by atoms with E-state index in [-0.39, 0.29) is 24.3 Å². The van der Waals surface area contributed by atoms with Crippen LogP contribution >= 0.6 is 11.8 Å². The standard InChI is InChI=1S/C16H31BO5S/c1-4-7-9-19-14-13(22-17)12(11-18)21-16(23-6-3)15(14)20-10-8-5-2/h12-16,18H,4-11H2,1-3H3. The van der Waals surface area contributed by atoms with Crippen molar-refractivity contribution in [2.24, 2.45) is 0 Å². The quantitative estimate of drug-likeness (QED) is 0.432. The summed E-state index contributed by atoms with van der Waals surface area (Å²) < 4.78 is 23.2. The van der Waals surface area contributed by atoms with E-state index in [1.54, 1.807) is 11.8 Å². The largest absolute Gasteiger partial charge is 0.440 e. The number of hydrogen-bond donors (Lipinski definition) is 1. The zero-order valence-corrected chi connectivity index (χ0v) is 15.4. The van der Waals surface area contributed by atoms with Crippen LogP contribution in [0.2, 0.25) is 0 Å². The lowest BCUT2D eigenvalue weighted by Crippen LogP contribution is -2.60. The third-order valence-electron chi connectivity index (χ3n) is 3.88. The molecule has 0 aromatic carbocycles. The van der Waals surface area contributed by atoms with E-state index in [4.69, 9.17) is 26.9 Å². The summed E-state index contributed by atoms with van der Waals surface area (Å²) >= 11 is 1.66. The molecule has 5 atom stereocenters. The number of aliphatic hydroxyl groups excluding tert-OH is 1. The number of aliphatic hydroxyl groups is 1. The summed E-state index contributed by atoms with van der Waals surface area (Å²) in [6, 6.07) is 0. The van der Waals surface area contributed by atoms with Gasteiger partial charge in [0.1, 0.15) is 23.7 Å². The van der Waals surface area contributed by atoms with Crippen molar-refractivity contribution >= 4 is 19.8 Å². The minimum absolute atomic E-state index is 0.155. The summed E-state index contributed by atoms with van der Waals surface area (Å²) in [6.07, 6.45) is 2.45. The molecule has 0 amide bonds. The van der Waals surface area contributed by atoms with E-state index in [0.29, 0.717) is 13.2 Å². The van der Waals surface area contributed by atoms with Crippen molar-refractivity contribution in [2.75, 3.05) is 25.6 Å². The van der Waals surface area contributed by atoms with Crippen LogP contribution in [0.3, 0.4) is 0 Å². The highest BCUT2D eigenvalue weighted by atomic mass is 32.2. The predicted molar refractivity (Wildman–Crippen MR) is 93.8 cm³/mol. The first-order valence-corrected chi connectivity index (χ1v) is 9.74. The van der Waals surface area contributed by atoms with Crippen molar-refractivity contribution in [1.82, 2.24) is 0 Å². The van der Waals surface area contributed by atoms with Crippen LogP contribution in [-0.4, -0.2) is 68.6 Å². The summed E-state index contributed by atoms with van der Waals surface area (Å²) in [5.74, 6) is 0.895. The lowest BCUT2D eigenvalue weighted by atomic mass is 9.98. The number of thioether (sulfide) groups is 1. The van der Waals surface area contributed by atoms with Crippen LogP contribution in [0, 0.1) is 0 Å². The average Bonchev–Trinajstić information content (AvgIpc) is 2.56. The van der Waals surface area contributed by atoms with Gasteiger partial charge in [-0.05, 0) is 18.6 Å². The zero-order valence-electron chi connectivity index (χ0n) is 14.6. The molecular weight excluding hydrogens is 315 g/mol. The van der Waals surface area contributed by atoms with Crippen LogP contribution in [0.25, 0.3) is 0 Å². The lowest BCUT2D eigenvalue weighted by molar-refractivity contribution is -0.225. The van der Waals surface area contributed by atoms with Gasteiger partial charge in [-0.2, -0.15) is 0 Å². The first kappa shape index (κ1) is 21.3. The van der Waals surface area contributed by atoms with E-state index in [2.05, 4.69) is 20.8 Å². The second kappa shape index (κ2) is 12.6. The van der Waals surface area contributed by atoms with Gasteiger partial charge in [-0.3, -0.25) is 0 Å². The van der Waals surface area contributed by atoms with Crippen LogP contribution < -0.4 is 0 Å². The Labute approximate surface area is 146 Å². The second-order valence-electron chi connectivity index (χ2n) is 5.66. The second-order valence-corrected chi connectivity index (χ2v) is 7.03. The van der Waals surface area contributed by atoms with Crippen molar-refractivity contribution in [3.8, 4) is 0 Å². The molecule has 5 nitrogen and oxygen atoms in total. The predicted octanol–water partition coefficient (Wildman–Crippen LogP) is 2.30. The molecule has 0 saturated carbocycles. The number of hydrogen-bond acceptors (Lipinski definition) is 6. The Morgan fingerprint density at radius 1 is 1.00 bits per heavy atom. The van der Waals surface area contributed by atoms with E-state index < -0.39 is 12.2 Å². The SMILES string of the molecule is [B]OC1C(CO)OC(SCC)C(OCCCC)C1OCCCC. The fourth-order valence-corrected chi connectivity index (χ4v) is 3.55. The van der Waals surface area contributed by atoms with Crippen LogP contribution in [0.5, 0.6) is 0 Å². The molecule has 0 aliphatic carbocycles. The Morgan fingerprint density at radius 2 is 1.61 bits per heavy atom. The number of rotatable bonds is 12. The number of unbranched alkanes of at least 4 members (excludes halogenated alkanes) is 2. The van der Waals surface area contributed by atoms with Crippen molar-refractivity contribution < 1.29 is 24.0 Å². The normalized spacial score (nSPS) is 31.4. The topological polar surface area (TPSA) is 57.2 Å². The van der Waals surface area contributed by atoms with Gasteiger partial charge in [-0.1, -0.05) is 33.6 Å². The third-order valence-corrected chi connectivity index (χ3v) is 4.92. The highest BCUT2D eigenvalue weighted by Crippen LogP contribution is 2.33. The summed E-state index contributed by atoms with van der Waals surface area (Å²) in [5.41, 5.74) is -0.188. The maximum atomic E-state index is 9.60. The van der Waals surface area contributed by atoms with Gasteiger partial charge in [0.25, 0.3) is 8.05 Å². The smallest absolute Gasteiger partial charge is 0.283 e. The monoisotopic (exact) mass is 346 g/mol. The molecule has 23 heavy (non-hydrogen) atoms. The Balaban J connectivity index is 2.85. The van der Waals surface area contributed by atoms with Gasteiger partial charge in [0.15, 0.2) is 0 Å². The van der Waals surface area contributed by atoms with Gasteiger partial charge in [-0.15, -0.1) is 11.8 Å². The molecule has 1 N–H and O–H groups in total. The zero-order chi connectivity index (χ0) is 17.1. The van der Waals surface area contributed by atoms with Crippen molar-refractivity contribution in [3.05, 3.63) is 0 Å². The summed E-state index contributed by atoms with van der Waals surface area (Å²) in [5, 5.41) is 9.60. The highest BCUT2D eigenvalue weighted by molar-refractivity contribution is 7.99. The summed E-state index contributed by atoms with van der Waals surface area (Å²) in [7, 11) is 5.47. The maximum Gasteiger partial charge on any atom is 0.283 e. The van der Waals surface area contributed by atoms with Crippen LogP contribution in [0.15, 0.2) is 0 Å². The van der Waals surface area contributed by atoms with Gasteiger partial charge in [0.05, 0.1) is 12.7 Å². The van der Waals surface area contributed by atoms with Crippen molar-refractivity contribution in [3.63, 3.8) is 0 Å². The minimum Gasteiger partial charge on any atom is -0.440 e. The van der Waals surface area contributed by atoms with E-state index >= 15 is 0 Å². The Kier molecular flexibility index (Phi) is 11.6. The molecule has 0 aromatic rings. The average molecular weight is 346 g/mol. The maximum absolute atomic E-state index is 9.60. The molecule has 0 aromatic heterocycles. The van der Waals surface area contributed by atoms with Crippen LogP contribution in [0.4, 0.5) is 0 Å². The molecule has 1 aliphatic heterocycles. The fourth-order valence-electron chi connectivity index (χ4n) is 2.58. The van der Waals surface area contributed by atoms with E-state index in [1.807, 2.05) is 0 Å². The molecule has 134 valence electrons. The van der Waals surface area contributed by atoms with Gasteiger partial charge >= 0.3 is 0 Å². The van der Waals surface area contributed by atoms with Gasteiger partial charge in [0, 0.05) is 13.2 Å². The lowest BCUT2D eigenvalue weighted by Gasteiger charge is -2.45. The highest BCUT2D eigenvalue weighted by Gasteiger charge is 2.47. The van der Waals surface area contributed by atoms with Gasteiger partial charge in [-0.25, -0.2) is 0 Å². The molecule has 0 bridgehead atoms. The Morgan fingerprint density at radius 3 is 2.09 bits per heavy atom. The van der Waals surface area contributed by atoms with E-state index in [9.17, 15) is 5.11 Å². The summed E-state index contributed by atoms with van der Waals surface area (Å²) in [6.45, 7) is 7.44. The number of ether oxygens (including phenoxy) is 3. The molecule has 2 radical (unpaired) electrons. The summed E-state index contributed by atoms with van der Waals surface area (Å²) in [4.78, 5) is 0. The van der Waals surface area contributed by atoms with Crippen molar-refractivity contribution in [1.29, 1.82) is 0 Å². The van der Waals surface area contributed by atoms with Crippen LogP contribution in [0.1, 0.15) is 46.5 Å². The molecule has 1 heterocycles. The molecule has 1 rings (SSSR count). The molecule has 0 spiro atoms. The Bertz CT molecular complexity index is 298. The van der Waals surface area contributed by atoms with Crippen molar-refractivity contribution in [2.45, 2.75) is 76.3 Å². The minimum atomic E-state index is -0.530. The van der Waals surface area contributed by atoms with Gasteiger partial charge in [0.2, 0.25) is 0 Å². The molecule has 1 aliphatic rings. The first-order valence-electron chi connectivity index (χ1n) is 8.70. The fraction of sp³-hybridized carbons (Fsp3) is 1.00.